The number of aromatic nitrogens is 1. The van der Waals surface area contributed by atoms with Crippen LogP contribution in [0.25, 0.3) is 11.0 Å². The van der Waals surface area contributed by atoms with Gasteiger partial charge in [0.05, 0.1) is 10.4 Å². The Hall–Kier alpha value is -1.17. The molecule has 0 spiro atoms. The molecule has 3 rings (SSSR count). The summed E-state index contributed by atoms with van der Waals surface area (Å²) in [5.74, 6) is 0.740. The molecule has 3 aromatic rings. The van der Waals surface area contributed by atoms with E-state index in [2.05, 4.69) is 20.9 Å². The van der Waals surface area contributed by atoms with Gasteiger partial charge >= 0.3 is 0 Å². The number of para-hydroxylation sites is 1. The van der Waals surface area contributed by atoms with Gasteiger partial charge in [0.2, 0.25) is 0 Å². The number of aryl methyl sites for hydroxylation is 1. The van der Waals surface area contributed by atoms with Crippen LogP contribution in [0.2, 0.25) is 0 Å². The van der Waals surface area contributed by atoms with Crippen LogP contribution in [-0.4, -0.2) is 10.1 Å². The summed E-state index contributed by atoms with van der Waals surface area (Å²) < 4.78 is 6.35. The molecule has 0 bridgehead atoms. The number of nitrogens with zero attached hydrogens (tertiary/aromatic N) is 1. The van der Waals surface area contributed by atoms with Crippen LogP contribution >= 0.6 is 27.3 Å². The molecule has 18 heavy (non-hydrogen) atoms. The van der Waals surface area contributed by atoms with Crippen LogP contribution in [0.5, 0.6) is 0 Å². The highest BCUT2D eigenvalue weighted by Gasteiger charge is 2.23. The Balaban J connectivity index is 2.20. The highest BCUT2D eigenvalue weighted by molar-refractivity contribution is 9.10. The molecular weight excluding hydrogens is 314 g/mol. The maximum absolute atomic E-state index is 10.5. The van der Waals surface area contributed by atoms with E-state index in [0.29, 0.717) is 4.60 Å². The van der Waals surface area contributed by atoms with Gasteiger partial charge < -0.3 is 9.52 Å². The number of aliphatic hydroxyl groups is 1. The van der Waals surface area contributed by atoms with Crippen molar-refractivity contribution < 1.29 is 9.52 Å². The van der Waals surface area contributed by atoms with Crippen molar-refractivity contribution >= 4 is 38.2 Å². The summed E-state index contributed by atoms with van der Waals surface area (Å²) in [6.45, 7) is 1.87. The summed E-state index contributed by atoms with van der Waals surface area (Å²) in [6.07, 6.45) is -0.712. The Morgan fingerprint density at radius 3 is 2.89 bits per heavy atom. The van der Waals surface area contributed by atoms with Crippen LogP contribution in [0.3, 0.4) is 0 Å². The van der Waals surface area contributed by atoms with E-state index in [1.807, 2.05) is 31.2 Å². The number of fused-ring (bicyclic) bond motifs is 1. The highest BCUT2D eigenvalue weighted by atomic mass is 79.9. The second-order valence-corrected chi connectivity index (χ2v) is 5.62. The molecule has 1 atom stereocenters. The van der Waals surface area contributed by atoms with E-state index in [0.717, 1.165) is 27.2 Å². The molecule has 1 aromatic carbocycles. The van der Waals surface area contributed by atoms with E-state index >= 15 is 0 Å². The third kappa shape index (κ3) is 1.79. The maximum Gasteiger partial charge on any atom is 0.134 e. The molecule has 0 aliphatic rings. The van der Waals surface area contributed by atoms with Crippen LogP contribution in [-0.2, 0) is 0 Å². The quantitative estimate of drug-likeness (QED) is 0.774. The second kappa shape index (κ2) is 4.50. The van der Waals surface area contributed by atoms with Gasteiger partial charge in [-0.3, -0.25) is 0 Å². The lowest BCUT2D eigenvalue weighted by Gasteiger charge is -2.08. The van der Waals surface area contributed by atoms with Crippen LogP contribution in [0.15, 0.2) is 38.8 Å². The van der Waals surface area contributed by atoms with Crippen molar-refractivity contribution in [1.29, 1.82) is 0 Å². The average Bonchev–Trinajstić information content (AvgIpc) is 2.91. The third-order valence-corrected chi connectivity index (χ3v) is 4.67. The number of furan rings is 1. The molecule has 0 radical (unpaired) electrons. The van der Waals surface area contributed by atoms with Gasteiger partial charge in [-0.25, -0.2) is 4.98 Å². The zero-order valence-electron chi connectivity index (χ0n) is 9.55. The van der Waals surface area contributed by atoms with Gasteiger partial charge in [0.15, 0.2) is 0 Å². The summed E-state index contributed by atoms with van der Waals surface area (Å²) in [5.41, 5.74) is 3.32. The molecule has 2 aromatic heterocycles. The van der Waals surface area contributed by atoms with Crippen molar-refractivity contribution in [3.05, 3.63) is 50.6 Å². The zero-order chi connectivity index (χ0) is 12.7. The summed E-state index contributed by atoms with van der Waals surface area (Å²) in [6, 6.07) is 7.72. The number of benzene rings is 1. The first-order valence-electron chi connectivity index (χ1n) is 5.43. The largest absolute Gasteiger partial charge is 0.461 e. The van der Waals surface area contributed by atoms with Gasteiger partial charge in [-0.05, 0) is 28.9 Å². The van der Waals surface area contributed by atoms with Gasteiger partial charge in [0.25, 0.3) is 0 Å². The fraction of sp³-hybridized carbons (Fsp3) is 0.154. The lowest BCUT2D eigenvalue weighted by Crippen LogP contribution is -1.99. The van der Waals surface area contributed by atoms with Crippen molar-refractivity contribution in [2.75, 3.05) is 0 Å². The fourth-order valence-electron chi connectivity index (χ4n) is 2.08. The van der Waals surface area contributed by atoms with Gasteiger partial charge in [-0.2, -0.15) is 0 Å². The summed E-state index contributed by atoms with van der Waals surface area (Å²) >= 11 is 4.77. The van der Waals surface area contributed by atoms with Gasteiger partial charge in [-0.1, -0.05) is 18.2 Å². The van der Waals surface area contributed by atoms with Crippen LogP contribution in [0, 0.1) is 6.92 Å². The van der Waals surface area contributed by atoms with Crippen molar-refractivity contribution in [2.45, 2.75) is 13.0 Å². The Labute approximate surface area is 116 Å². The van der Waals surface area contributed by atoms with Gasteiger partial charge in [-0.15, -0.1) is 11.3 Å². The standard InChI is InChI=1S/C13H10BrNO2S/c1-7-10(8-4-2-3-5-9(8)17-7)11(16)12-13(14)15-6-18-12/h2-6,11,16H,1H3. The topological polar surface area (TPSA) is 46.3 Å². The van der Waals surface area contributed by atoms with E-state index in [9.17, 15) is 5.11 Å². The molecule has 1 N–H and O–H groups in total. The molecule has 0 saturated carbocycles. The monoisotopic (exact) mass is 323 g/mol. The number of aliphatic hydroxyl groups excluding tert-OH is 1. The number of rotatable bonds is 2. The minimum atomic E-state index is -0.712. The van der Waals surface area contributed by atoms with Gasteiger partial charge in [0, 0.05) is 10.9 Å². The summed E-state index contributed by atoms with van der Waals surface area (Å²) in [7, 11) is 0. The number of halogens is 1. The third-order valence-electron chi connectivity index (χ3n) is 2.89. The average molecular weight is 324 g/mol. The van der Waals surface area contributed by atoms with Crippen molar-refractivity contribution in [2.24, 2.45) is 0 Å². The van der Waals surface area contributed by atoms with E-state index in [1.54, 1.807) is 5.51 Å². The molecule has 5 heteroatoms. The summed E-state index contributed by atoms with van der Waals surface area (Å²) in [4.78, 5) is 4.90. The van der Waals surface area contributed by atoms with Crippen LogP contribution in [0.1, 0.15) is 22.3 Å². The number of hydrogen-bond acceptors (Lipinski definition) is 4. The first-order chi connectivity index (χ1) is 8.68. The maximum atomic E-state index is 10.5. The van der Waals surface area contributed by atoms with E-state index in [-0.39, 0.29) is 0 Å². The van der Waals surface area contributed by atoms with Crippen molar-refractivity contribution in [1.82, 2.24) is 4.98 Å². The Bertz CT molecular complexity index is 704. The minimum absolute atomic E-state index is 0.685. The molecule has 0 amide bonds. The fourth-order valence-corrected chi connectivity index (χ4v) is 3.48. The van der Waals surface area contributed by atoms with Crippen molar-refractivity contribution in [3.63, 3.8) is 0 Å². The molecule has 92 valence electrons. The van der Waals surface area contributed by atoms with Gasteiger partial charge in [0.1, 0.15) is 22.1 Å². The molecule has 0 fully saturated rings. The van der Waals surface area contributed by atoms with Crippen LogP contribution < -0.4 is 0 Å². The molecular formula is C13H10BrNO2S. The Morgan fingerprint density at radius 1 is 1.39 bits per heavy atom. The number of thiazole rings is 1. The van der Waals surface area contributed by atoms with E-state index < -0.39 is 6.10 Å². The highest BCUT2D eigenvalue weighted by Crippen LogP contribution is 2.37. The van der Waals surface area contributed by atoms with Crippen LogP contribution in [0.4, 0.5) is 0 Å². The minimum Gasteiger partial charge on any atom is -0.461 e. The first kappa shape index (κ1) is 11.9. The lowest BCUT2D eigenvalue weighted by atomic mass is 10.0. The van der Waals surface area contributed by atoms with E-state index in [1.165, 1.54) is 11.3 Å². The predicted octanol–water partition coefficient (Wildman–Crippen LogP) is 4.04. The SMILES string of the molecule is Cc1oc2ccccc2c1C(O)c1scnc1Br. The molecule has 0 saturated heterocycles. The van der Waals surface area contributed by atoms with E-state index in [4.69, 9.17) is 4.42 Å². The normalized spacial score (nSPS) is 13.1. The Morgan fingerprint density at radius 2 is 2.17 bits per heavy atom. The first-order valence-corrected chi connectivity index (χ1v) is 7.10. The smallest absolute Gasteiger partial charge is 0.134 e. The second-order valence-electron chi connectivity index (χ2n) is 3.98. The molecule has 0 aliphatic carbocycles. The summed E-state index contributed by atoms with van der Waals surface area (Å²) in [5, 5.41) is 11.5. The predicted molar refractivity (Wildman–Crippen MR) is 74.8 cm³/mol. The number of hydrogen-bond donors (Lipinski definition) is 1. The molecule has 1 unspecified atom stereocenters. The van der Waals surface area contributed by atoms with Crippen molar-refractivity contribution in [3.8, 4) is 0 Å². The molecule has 0 aliphatic heterocycles. The molecule has 3 nitrogen and oxygen atoms in total. The Kier molecular flexibility index (Phi) is 2.97. The zero-order valence-corrected chi connectivity index (χ0v) is 12.0. The lowest BCUT2D eigenvalue weighted by molar-refractivity contribution is 0.222. The molecule has 2 heterocycles.